The Bertz CT molecular complexity index is 554. The van der Waals surface area contributed by atoms with E-state index in [1.807, 2.05) is 0 Å². The number of H-pyrrole nitrogens is 1. The van der Waals surface area contributed by atoms with Crippen molar-refractivity contribution in [3.05, 3.63) is 11.4 Å². The maximum Gasteiger partial charge on any atom is 0.246 e. The topological polar surface area (TPSA) is 69.3 Å². The number of hydrogen-bond acceptors (Lipinski definition) is 4. The molecule has 0 atom stereocenters. The second-order valence-corrected chi connectivity index (χ2v) is 7.79. The minimum atomic E-state index is -3.47. The molecular formula is C14H26N4O2S. The minimum absolute atomic E-state index is 0.0804. The predicted octanol–water partition coefficient (Wildman–Crippen LogP) is 1.52. The average Bonchev–Trinajstić information content (AvgIpc) is 2.79. The van der Waals surface area contributed by atoms with E-state index >= 15 is 0 Å². The fourth-order valence-corrected chi connectivity index (χ4v) is 4.83. The zero-order valence-electron chi connectivity index (χ0n) is 13.4. The number of piperidine rings is 1. The maximum absolute atomic E-state index is 12.8. The highest BCUT2D eigenvalue weighted by atomic mass is 32.2. The first-order valence-electron chi connectivity index (χ1n) is 7.59. The lowest BCUT2D eigenvalue weighted by Gasteiger charge is -2.36. The van der Waals surface area contributed by atoms with E-state index in [0.29, 0.717) is 16.3 Å². The highest BCUT2D eigenvalue weighted by molar-refractivity contribution is 7.89. The molecule has 1 aliphatic rings. The SMILES string of the molecule is CCCN1CCC(N(C)S(=O)(=O)c2c(C)n[nH]c2C)CC1. The first-order chi connectivity index (χ1) is 9.87. The number of aryl methyl sites for hydroxylation is 2. The van der Waals surface area contributed by atoms with E-state index in [9.17, 15) is 8.42 Å². The molecule has 1 saturated heterocycles. The molecule has 0 unspecified atom stereocenters. The summed E-state index contributed by atoms with van der Waals surface area (Å²) < 4.78 is 27.1. The summed E-state index contributed by atoms with van der Waals surface area (Å²) in [6.07, 6.45) is 2.93. The largest absolute Gasteiger partial charge is 0.303 e. The number of nitrogens with one attached hydrogen (secondary N) is 1. The van der Waals surface area contributed by atoms with Crippen LogP contribution in [0.2, 0.25) is 0 Å². The predicted molar refractivity (Wildman–Crippen MR) is 82.8 cm³/mol. The quantitative estimate of drug-likeness (QED) is 0.894. The smallest absolute Gasteiger partial charge is 0.246 e. The number of likely N-dealkylation sites (tertiary alicyclic amines) is 1. The summed E-state index contributed by atoms with van der Waals surface area (Å²) in [5.74, 6) is 0. The van der Waals surface area contributed by atoms with Crippen LogP contribution in [0, 0.1) is 13.8 Å². The van der Waals surface area contributed by atoms with Crippen molar-refractivity contribution >= 4 is 10.0 Å². The number of hydrogen-bond donors (Lipinski definition) is 1. The van der Waals surface area contributed by atoms with E-state index in [2.05, 4.69) is 22.0 Å². The van der Waals surface area contributed by atoms with E-state index in [1.165, 1.54) is 0 Å². The maximum atomic E-state index is 12.8. The molecule has 0 aliphatic carbocycles. The van der Waals surface area contributed by atoms with Gasteiger partial charge in [0.1, 0.15) is 4.90 Å². The molecular weight excluding hydrogens is 288 g/mol. The van der Waals surface area contributed by atoms with Gasteiger partial charge >= 0.3 is 0 Å². The Kier molecular flexibility index (Phi) is 5.06. The third kappa shape index (κ3) is 3.30. The normalized spacial score (nSPS) is 18.5. The van der Waals surface area contributed by atoms with Gasteiger partial charge < -0.3 is 4.90 Å². The number of sulfonamides is 1. The Labute approximate surface area is 127 Å². The minimum Gasteiger partial charge on any atom is -0.303 e. The zero-order chi connectivity index (χ0) is 15.6. The Hall–Kier alpha value is -0.920. The molecule has 2 rings (SSSR count). The molecule has 0 saturated carbocycles. The van der Waals surface area contributed by atoms with Gasteiger partial charge in [-0.2, -0.15) is 9.40 Å². The van der Waals surface area contributed by atoms with Gasteiger partial charge in [-0.25, -0.2) is 8.42 Å². The van der Waals surface area contributed by atoms with Crippen molar-refractivity contribution < 1.29 is 8.42 Å². The lowest BCUT2D eigenvalue weighted by Crippen LogP contribution is -2.45. The van der Waals surface area contributed by atoms with Gasteiger partial charge in [0.2, 0.25) is 10.0 Å². The second-order valence-electron chi connectivity index (χ2n) is 5.86. The molecule has 0 radical (unpaired) electrons. The molecule has 1 N–H and O–H groups in total. The molecule has 0 amide bonds. The summed E-state index contributed by atoms with van der Waals surface area (Å²) in [5.41, 5.74) is 1.16. The van der Waals surface area contributed by atoms with E-state index in [1.54, 1.807) is 25.2 Å². The fraction of sp³-hybridized carbons (Fsp3) is 0.786. The van der Waals surface area contributed by atoms with E-state index in [-0.39, 0.29) is 6.04 Å². The lowest BCUT2D eigenvalue weighted by molar-refractivity contribution is 0.170. The van der Waals surface area contributed by atoms with Crippen LogP contribution >= 0.6 is 0 Å². The summed E-state index contributed by atoms with van der Waals surface area (Å²) in [5, 5.41) is 6.77. The molecule has 0 bridgehead atoms. The first kappa shape index (κ1) is 16.5. The van der Waals surface area contributed by atoms with Crippen LogP contribution in [0.5, 0.6) is 0 Å². The van der Waals surface area contributed by atoms with E-state index in [4.69, 9.17) is 0 Å². The van der Waals surface area contributed by atoms with Gasteiger partial charge in [0.15, 0.2) is 0 Å². The van der Waals surface area contributed by atoms with Crippen molar-refractivity contribution in [2.45, 2.75) is 51.0 Å². The van der Waals surface area contributed by atoms with Gasteiger partial charge in [-0.15, -0.1) is 0 Å². The highest BCUT2D eigenvalue weighted by Crippen LogP contribution is 2.25. The Morgan fingerprint density at radius 2 is 1.95 bits per heavy atom. The summed E-state index contributed by atoms with van der Waals surface area (Å²) >= 11 is 0. The molecule has 1 aliphatic heterocycles. The van der Waals surface area contributed by atoms with E-state index in [0.717, 1.165) is 38.9 Å². The molecule has 120 valence electrons. The third-order valence-corrected chi connectivity index (χ3v) is 6.48. The monoisotopic (exact) mass is 314 g/mol. The van der Waals surface area contributed by atoms with Crippen molar-refractivity contribution in [1.82, 2.24) is 19.4 Å². The Morgan fingerprint density at radius 3 is 2.43 bits per heavy atom. The van der Waals surface area contributed by atoms with Crippen molar-refractivity contribution in [2.24, 2.45) is 0 Å². The fourth-order valence-electron chi connectivity index (χ4n) is 3.08. The van der Waals surface area contributed by atoms with Crippen molar-refractivity contribution in [2.75, 3.05) is 26.7 Å². The summed E-state index contributed by atoms with van der Waals surface area (Å²) in [4.78, 5) is 2.74. The molecule has 0 aromatic carbocycles. The number of aromatic amines is 1. The first-order valence-corrected chi connectivity index (χ1v) is 9.04. The van der Waals surface area contributed by atoms with Crippen LogP contribution in [-0.4, -0.2) is 60.5 Å². The molecule has 7 heteroatoms. The molecule has 21 heavy (non-hydrogen) atoms. The van der Waals surface area contributed by atoms with Gasteiger partial charge in [0.25, 0.3) is 0 Å². The van der Waals surface area contributed by atoms with Crippen LogP contribution in [0.15, 0.2) is 4.90 Å². The summed E-state index contributed by atoms with van der Waals surface area (Å²) in [7, 11) is -1.77. The van der Waals surface area contributed by atoms with Gasteiger partial charge in [-0.3, -0.25) is 5.10 Å². The molecule has 2 heterocycles. The molecule has 1 aromatic rings. The van der Waals surface area contributed by atoms with E-state index < -0.39 is 10.0 Å². The van der Waals surface area contributed by atoms with Crippen molar-refractivity contribution in [3.63, 3.8) is 0 Å². The van der Waals surface area contributed by atoms with Gasteiger partial charge in [0.05, 0.1) is 11.4 Å². The van der Waals surface area contributed by atoms with Crippen LogP contribution in [0.3, 0.4) is 0 Å². The van der Waals surface area contributed by atoms with Crippen LogP contribution in [0.4, 0.5) is 0 Å². The number of rotatable bonds is 5. The lowest BCUT2D eigenvalue weighted by atomic mass is 10.1. The van der Waals surface area contributed by atoms with Gasteiger partial charge in [-0.1, -0.05) is 6.92 Å². The van der Waals surface area contributed by atoms with Gasteiger partial charge in [-0.05, 0) is 52.7 Å². The number of aromatic nitrogens is 2. The summed E-state index contributed by atoms with van der Waals surface area (Å²) in [6.45, 7) is 8.71. The molecule has 1 fully saturated rings. The summed E-state index contributed by atoms with van der Waals surface area (Å²) in [6, 6.07) is 0.0804. The van der Waals surface area contributed by atoms with Crippen molar-refractivity contribution in [1.29, 1.82) is 0 Å². The highest BCUT2D eigenvalue weighted by Gasteiger charge is 2.33. The molecule has 0 spiro atoms. The second kappa shape index (κ2) is 6.46. The van der Waals surface area contributed by atoms with Crippen LogP contribution in [0.25, 0.3) is 0 Å². The third-order valence-electron chi connectivity index (χ3n) is 4.31. The van der Waals surface area contributed by atoms with Crippen LogP contribution in [-0.2, 0) is 10.0 Å². The average molecular weight is 314 g/mol. The standard InChI is InChI=1S/C14H26N4O2S/c1-5-8-18-9-6-13(7-10-18)17(4)21(19,20)14-11(2)15-16-12(14)3/h13H,5-10H2,1-4H3,(H,15,16). The van der Waals surface area contributed by atoms with Crippen LogP contribution < -0.4 is 0 Å². The van der Waals surface area contributed by atoms with Crippen molar-refractivity contribution in [3.8, 4) is 0 Å². The van der Waals surface area contributed by atoms with Crippen LogP contribution in [0.1, 0.15) is 37.6 Å². The van der Waals surface area contributed by atoms with Gasteiger partial charge in [0, 0.05) is 13.1 Å². The Balaban J connectivity index is 2.12. The number of nitrogens with zero attached hydrogens (tertiary/aromatic N) is 3. The Morgan fingerprint density at radius 1 is 1.33 bits per heavy atom. The molecule has 1 aromatic heterocycles. The zero-order valence-corrected chi connectivity index (χ0v) is 14.2. The molecule has 6 nitrogen and oxygen atoms in total.